The van der Waals surface area contributed by atoms with Crippen LogP contribution < -0.4 is 5.73 Å². The molecule has 2 unspecified atom stereocenters. The van der Waals surface area contributed by atoms with Crippen LogP contribution in [0.3, 0.4) is 0 Å². The largest absolute Gasteiger partial charge is 0.395 e. The van der Waals surface area contributed by atoms with Crippen LogP contribution >= 0.6 is 0 Å². The molecule has 0 aromatic carbocycles. The van der Waals surface area contributed by atoms with Crippen LogP contribution in [0.2, 0.25) is 0 Å². The zero-order chi connectivity index (χ0) is 9.68. The average molecular weight is 188 g/mol. The van der Waals surface area contributed by atoms with Gasteiger partial charge in [-0.2, -0.15) is 0 Å². The van der Waals surface area contributed by atoms with E-state index in [0.29, 0.717) is 6.04 Å². The monoisotopic (exact) mass is 188 g/mol. The highest BCUT2D eigenvalue weighted by Gasteiger charge is 2.22. The van der Waals surface area contributed by atoms with Gasteiger partial charge in [0.2, 0.25) is 0 Å². The Labute approximate surface area is 79.7 Å². The maximum absolute atomic E-state index is 8.84. The second-order valence-corrected chi connectivity index (χ2v) is 3.57. The number of nitrogens with two attached hydrogens (primary N) is 1. The van der Waals surface area contributed by atoms with Crippen molar-refractivity contribution in [2.75, 3.05) is 32.9 Å². The lowest BCUT2D eigenvalue weighted by Gasteiger charge is -2.36. The van der Waals surface area contributed by atoms with E-state index in [4.69, 9.17) is 15.6 Å². The molecule has 0 radical (unpaired) electrons. The fourth-order valence-corrected chi connectivity index (χ4v) is 1.66. The van der Waals surface area contributed by atoms with Crippen LogP contribution in [0, 0.1) is 0 Å². The molecule has 1 aliphatic rings. The summed E-state index contributed by atoms with van der Waals surface area (Å²) in [6.07, 6.45) is 1.08. The van der Waals surface area contributed by atoms with Gasteiger partial charge in [-0.1, -0.05) is 6.92 Å². The molecule has 0 spiro atoms. The Balaban J connectivity index is 2.35. The quantitative estimate of drug-likeness (QED) is 0.619. The molecule has 4 nitrogen and oxygen atoms in total. The van der Waals surface area contributed by atoms with Gasteiger partial charge in [0.15, 0.2) is 0 Å². The summed E-state index contributed by atoms with van der Waals surface area (Å²) in [4.78, 5) is 2.31. The number of hydrogen-bond donors (Lipinski definition) is 2. The van der Waals surface area contributed by atoms with Crippen molar-refractivity contribution in [2.24, 2.45) is 5.73 Å². The van der Waals surface area contributed by atoms with E-state index in [1.165, 1.54) is 0 Å². The van der Waals surface area contributed by atoms with Gasteiger partial charge in [-0.25, -0.2) is 0 Å². The number of morpholine rings is 1. The molecule has 0 aromatic rings. The topological polar surface area (TPSA) is 58.7 Å². The van der Waals surface area contributed by atoms with Gasteiger partial charge in [-0.05, 0) is 6.42 Å². The van der Waals surface area contributed by atoms with Crippen LogP contribution in [0.5, 0.6) is 0 Å². The number of rotatable bonds is 4. The van der Waals surface area contributed by atoms with Gasteiger partial charge in [0, 0.05) is 25.2 Å². The van der Waals surface area contributed by atoms with Crippen LogP contribution in [-0.4, -0.2) is 55.0 Å². The second kappa shape index (κ2) is 5.54. The Hall–Kier alpha value is -0.160. The van der Waals surface area contributed by atoms with Crippen molar-refractivity contribution in [1.82, 2.24) is 4.90 Å². The molecule has 4 heteroatoms. The normalized spacial score (nSPS) is 27.5. The average Bonchev–Trinajstić information content (AvgIpc) is 2.18. The minimum Gasteiger partial charge on any atom is -0.395 e. The molecule has 3 N–H and O–H groups in total. The molecule has 1 saturated heterocycles. The fraction of sp³-hybridized carbons (Fsp3) is 1.00. The summed E-state index contributed by atoms with van der Waals surface area (Å²) in [5.41, 5.74) is 5.69. The van der Waals surface area contributed by atoms with Gasteiger partial charge in [-0.3, -0.25) is 4.90 Å². The maximum Gasteiger partial charge on any atom is 0.0622 e. The lowest BCUT2D eigenvalue weighted by Crippen LogP contribution is -2.50. The smallest absolute Gasteiger partial charge is 0.0622 e. The van der Waals surface area contributed by atoms with Crippen molar-refractivity contribution in [2.45, 2.75) is 25.4 Å². The molecule has 1 rings (SSSR count). The van der Waals surface area contributed by atoms with Crippen LogP contribution in [0.15, 0.2) is 0 Å². The Morgan fingerprint density at radius 3 is 3.08 bits per heavy atom. The van der Waals surface area contributed by atoms with Crippen molar-refractivity contribution in [3.8, 4) is 0 Å². The first-order chi connectivity index (χ1) is 6.27. The molecule has 0 aliphatic carbocycles. The van der Waals surface area contributed by atoms with Gasteiger partial charge in [0.05, 0.1) is 19.8 Å². The van der Waals surface area contributed by atoms with Crippen LogP contribution in [0.4, 0.5) is 0 Å². The summed E-state index contributed by atoms with van der Waals surface area (Å²) >= 11 is 0. The van der Waals surface area contributed by atoms with E-state index >= 15 is 0 Å². The summed E-state index contributed by atoms with van der Waals surface area (Å²) in [5, 5.41) is 8.84. The minimum absolute atomic E-state index is 0.0633. The van der Waals surface area contributed by atoms with E-state index in [9.17, 15) is 0 Å². The molecule has 13 heavy (non-hydrogen) atoms. The zero-order valence-electron chi connectivity index (χ0n) is 8.28. The van der Waals surface area contributed by atoms with E-state index in [0.717, 1.165) is 32.7 Å². The third-order valence-corrected chi connectivity index (χ3v) is 2.52. The van der Waals surface area contributed by atoms with Crippen LogP contribution in [0.25, 0.3) is 0 Å². The van der Waals surface area contributed by atoms with Crippen molar-refractivity contribution < 1.29 is 9.84 Å². The molecular formula is C9H20N2O2. The van der Waals surface area contributed by atoms with E-state index in [2.05, 4.69) is 11.8 Å². The van der Waals surface area contributed by atoms with E-state index in [1.807, 2.05) is 0 Å². The van der Waals surface area contributed by atoms with Crippen molar-refractivity contribution in [3.63, 3.8) is 0 Å². The third kappa shape index (κ3) is 3.23. The van der Waals surface area contributed by atoms with Gasteiger partial charge < -0.3 is 15.6 Å². The number of hydrogen-bond acceptors (Lipinski definition) is 4. The third-order valence-electron chi connectivity index (χ3n) is 2.52. The SMILES string of the molecule is CCC1COCCN1CC(N)CO. The van der Waals surface area contributed by atoms with Gasteiger partial charge in [-0.15, -0.1) is 0 Å². The van der Waals surface area contributed by atoms with Crippen molar-refractivity contribution in [3.05, 3.63) is 0 Å². The Bertz CT molecular complexity index is 144. The molecule has 0 aromatic heterocycles. The van der Waals surface area contributed by atoms with Crippen molar-refractivity contribution >= 4 is 0 Å². The highest BCUT2D eigenvalue weighted by atomic mass is 16.5. The molecule has 0 amide bonds. The molecule has 2 atom stereocenters. The van der Waals surface area contributed by atoms with Crippen LogP contribution in [-0.2, 0) is 4.74 Å². The number of aliphatic hydroxyl groups is 1. The molecule has 0 saturated carbocycles. The lowest BCUT2D eigenvalue weighted by atomic mass is 10.1. The summed E-state index contributed by atoms with van der Waals surface area (Å²) in [6, 6.07) is 0.360. The van der Waals surface area contributed by atoms with E-state index in [-0.39, 0.29) is 12.6 Å². The molecule has 1 aliphatic heterocycles. The van der Waals surface area contributed by atoms with Crippen LogP contribution in [0.1, 0.15) is 13.3 Å². The number of nitrogens with zero attached hydrogens (tertiary/aromatic N) is 1. The van der Waals surface area contributed by atoms with Gasteiger partial charge in [0.1, 0.15) is 0 Å². The van der Waals surface area contributed by atoms with E-state index in [1.54, 1.807) is 0 Å². The predicted molar refractivity (Wildman–Crippen MR) is 51.5 cm³/mol. The Morgan fingerprint density at radius 2 is 2.46 bits per heavy atom. The first-order valence-electron chi connectivity index (χ1n) is 4.96. The summed E-state index contributed by atoms with van der Waals surface area (Å²) in [7, 11) is 0. The van der Waals surface area contributed by atoms with Crippen molar-refractivity contribution in [1.29, 1.82) is 0 Å². The molecule has 78 valence electrons. The summed E-state index contributed by atoms with van der Waals surface area (Å²) < 4.78 is 5.37. The fourth-order valence-electron chi connectivity index (χ4n) is 1.66. The lowest BCUT2D eigenvalue weighted by molar-refractivity contribution is -0.0131. The van der Waals surface area contributed by atoms with Gasteiger partial charge >= 0.3 is 0 Å². The highest BCUT2D eigenvalue weighted by Crippen LogP contribution is 2.09. The second-order valence-electron chi connectivity index (χ2n) is 3.57. The molecule has 0 bridgehead atoms. The first kappa shape index (κ1) is 10.9. The summed E-state index contributed by atoms with van der Waals surface area (Å²) in [5.74, 6) is 0. The molecular weight excluding hydrogens is 168 g/mol. The Kier molecular flexibility index (Phi) is 4.66. The highest BCUT2D eigenvalue weighted by molar-refractivity contribution is 4.77. The first-order valence-corrected chi connectivity index (χ1v) is 4.96. The minimum atomic E-state index is -0.118. The summed E-state index contributed by atoms with van der Waals surface area (Å²) in [6.45, 7) is 5.51. The number of aliphatic hydroxyl groups excluding tert-OH is 1. The molecule has 1 fully saturated rings. The standard InChI is InChI=1S/C9H20N2O2/c1-2-9-7-13-4-3-11(9)5-8(10)6-12/h8-9,12H,2-7,10H2,1H3. The Morgan fingerprint density at radius 1 is 1.69 bits per heavy atom. The predicted octanol–water partition coefficient (Wildman–Crippen LogP) is -0.583. The van der Waals surface area contributed by atoms with Gasteiger partial charge in [0.25, 0.3) is 0 Å². The van der Waals surface area contributed by atoms with E-state index < -0.39 is 0 Å². The molecule has 1 heterocycles. The maximum atomic E-state index is 8.84. The zero-order valence-corrected chi connectivity index (χ0v) is 8.28. The number of ether oxygens (including phenoxy) is 1.